The summed E-state index contributed by atoms with van der Waals surface area (Å²) in [5.74, 6) is 0.0882. The fourth-order valence-corrected chi connectivity index (χ4v) is 2.96. The molecule has 108 valence electrons. The van der Waals surface area contributed by atoms with Gasteiger partial charge in [-0.05, 0) is 50.0 Å². The van der Waals surface area contributed by atoms with Crippen molar-refractivity contribution >= 4 is 23.0 Å². The summed E-state index contributed by atoms with van der Waals surface area (Å²) >= 11 is 0. The predicted octanol–water partition coefficient (Wildman–Crippen LogP) is 1.66. The normalized spacial score (nSPS) is 18.7. The van der Waals surface area contributed by atoms with Crippen molar-refractivity contribution < 1.29 is 4.79 Å². The van der Waals surface area contributed by atoms with Crippen molar-refractivity contribution in [3.63, 3.8) is 0 Å². The lowest BCUT2D eigenvalue weighted by molar-refractivity contribution is -0.116. The van der Waals surface area contributed by atoms with E-state index in [1.54, 1.807) is 0 Å². The molecule has 1 aromatic carbocycles. The van der Waals surface area contributed by atoms with Crippen LogP contribution in [0.2, 0.25) is 0 Å². The first-order valence-corrected chi connectivity index (χ1v) is 7.41. The number of nitrogen functional groups attached to an aromatic ring is 1. The van der Waals surface area contributed by atoms with Crippen molar-refractivity contribution in [2.45, 2.75) is 25.7 Å². The van der Waals surface area contributed by atoms with E-state index >= 15 is 0 Å². The molecule has 4 N–H and O–H groups in total. The Balaban J connectivity index is 1.63. The van der Waals surface area contributed by atoms with Crippen LogP contribution in [0.25, 0.3) is 0 Å². The van der Waals surface area contributed by atoms with Gasteiger partial charge in [0.15, 0.2) is 0 Å². The van der Waals surface area contributed by atoms with Gasteiger partial charge in [-0.15, -0.1) is 0 Å². The molecular formula is C15H22N4O. The summed E-state index contributed by atoms with van der Waals surface area (Å²) in [6.45, 7) is 4.34. The zero-order chi connectivity index (χ0) is 13.9. The molecule has 0 aliphatic carbocycles. The van der Waals surface area contributed by atoms with Crippen LogP contribution >= 0.6 is 0 Å². The highest BCUT2D eigenvalue weighted by Crippen LogP contribution is 2.30. The molecule has 0 atom stereocenters. The molecule has 0 bridgehead atoms. The molecular weight excluding hydrogens is 252 g/mol. The number of benzene rings is 1. The minimum absolute atomic E-state index is 0.0882. The van der Waals surface area contributed by atoms with Crippen LogP contribution in [0, 0.1) is 0 Å². The largest absolute Gasteiger partial charge is 0.397 e. The number of hydrogen-bond acceptors (Lipinski definition) is 4. The fourth-order valence-electron chi connectivity index (χ4n) is 2.96. The number of hydrogen-bond donors (Lipinski definition) is 3. The van der Waals surface area contributed by atoms with Crippen molar-refractivity contribution in [2.75, 3.05) is 42.5 Å². The van der Waals surface area contributed by atoms with E-state index in [1.165, 1.54) is 25.9 Å². The molecule has 0 saturated carbocycles. The van der Waals surface area contributed by atoms with Crippen molar-refractivity contribution in [1.82, 2.24) is 4.90 Å². The third-order valence-electron chi connectivity index (χ3n) is 4.11. The predicted molar refractivity (Wildman–Crippen MR) is 82.0 cm³/mol. The number of nitrogens with zero attached hydrogens (tertiary/aromatic N) is 1. The first-order chi connectivity index (χ1) is 9.72. The molecule has 1 fully saturated rings. The molecule has 1 amide bonds. The van der Waals surface area contributed by atoms with Gasteiger partial charge in [-0.1, -0.05) is 0 Å². The van der Waals surface area contributed by atoms with E-state index < -0.39 is 0 Å². The van der Waals surface area contributed by atoms with E-state index in [0.717, 1.165) is 42.1 Å². The molecule has 0 unspecified atom stereocenters. The van der Waals surface area contributed by atoms with Crippen molar-refractivity contribution in [3.05, 3.63) is 17.7 Å². The van der Waals surface area contributed by atoms with E-state index in [1.807, 2.05) is 12.1 Å². The Kier molecular flexibility index (Phi) is 3.78. The van der Waals surface area contributed by atoms with Gasteiger partial charge in [0.05, 0.1) is 11.4 Å². The van der Waals surface area contributed by atoms with Gasteiger partial charge in [-0.2, -0.15) is 0 Å². The molecule has 5 nitrogen and oxygen atoms in total. The lowest BCUT2D eigenvalue weighted by Crippen LogP contribution is -2.26. The highest BCUT2D eigenvalue weighted by Gasteiger charge is 2.17. The third kappa shape index (κ3) is 2.88. The average Bonchev–Trinajstić information content (AvgIpc) is 2.93. The van der Waals surface area contributed by atoms with Gasteiger partial charge in [-0.25, -0.2) is 0 Å². The number of carbonyl (C=O) groups excluding carboxylic acids is 1. The van der Waals surface area contributed by atoms with Crippen LogP contribution in [0.1, 0.15) is 24.8 Å². The zero-order valence-corrected chi connectivity index (χ0v) is 11.7. The molecule has 0 radical (unpaired) electrons. The van der Waals surface area contributed by atoms with E-state index in [4.69, 9.17) is 5.73 Å². The van der Waals surface area contributed by atoms with Gasteiger partial charge in [0.1, 0.15) is 0 Å². The lowest BCUT2D eigenvalue weighted by Gasteiger charge is -2.21. The number of aryl methyl sites for hydroxylation is 1. The highest BCUT2D eigenvalue weighted by atomic mass is 16.1. The van der Waals surface area contributed by atoms with Gasteiger partial charge in [0, 0.05) is 25.2 Å². The van der Waals surface area contributed by atoms with E-state index in [-0.39, 0.29) is 5.91 Å². The van der Waals surface area contributed by atoms with Gasteiger partial charge < -0.3 is 21.3 Å². The van der Waals surface area contributed by atoms with Gasteiger partial charge in [-0.3, -0.25) is 4.79 Å². The first-order valence-electron chi connectivity index (χ1n) is 7.41. The Morgan fingerprint density at radius 1 is 1.25 bits per heavy atom. The number of nitrogens with one attached hydrogen (secondary N) is 2. The second-order valence-corrected chi connectivity index (χ2v) is 5.62. The lowest BCUT2D eigenvalue weighted by atomic mass is 10.0. The van der Waals surface area contributed by atoms with Crippen LogP contribution in [0.15, 0.2) is 12.1 Å². The molecule has 2 aliphatic heterocycles. The molecule has 2 heterocycles. The number of likely N-dealkylation sites (tertiary alicyclic amines) is 1. The third-order valence-corrected chi connectivity index (χ3v) is 4.11. The second-order valence-electron chi connectivity index (χ2n) is 5.62. The summed E-state index contributed by atoms with van der Waals surface area (Å²) in [6.07, 6.45) is 3.95. The fraction of sp³-hybridized carbons (Fsp3) is 0.533. The minimum Gasteiger partial charge on any atom is -0.397 e. The summed E-state index contributed by atoms with van der Waals surface area (Å²) in [6, 6.07) is 3.94. The Bertz CT molecular complexity index is 509. The van der Waals surface area contributed by atoms with E-state index in [0.29, 0.717) is 6.42 Å². The smallest absolute Gasteiger partial charge is 0.224 e. The van der Waals surface area contributed by atoms with Crippen LogP contribution in [0.4, 0.5) is 17.1 Å². The number of nitrogens with two attached hydrogens (primary N) is 1. The average molecular weight is 274 g/mol. The maximum atomic E-state index is 11.4. The highest BCUT2D eigenvalue weighted by molar-refractivity contribution is 5.95. The maximum Gasteiger partial charge on any atom is 0.224 e. The second kappa shape index (κ2) is 5.71. The number of rotatable bonds is 4. The van der Waals surface area contributed by atoms with Crippen molar-refractivity contribution in [1.29, 1.82) is 0 Å². The summed E-state index contributed by atoms with van der Waals surface area (Å²) in [5.41, 5.74) is 9.80. The summed E-state index contributed by atoms with van der Waals surface area (Å²) in [4.78, 5) is 13.9. The maximum absolute atomic E-state index is 11.4. The molecule has 0 spiro atoms. The Morgan fingerprint density at radius 2 is 2.05 bits per heavy atom. The summed E-state index contributed by atoms with van der Waals surface area (Å²) < 4.78 is 0. The Morgan fingerprint density at radius 3 is 2.85 bits per heavy atom. The topological polar surface area (TPSA) is 70.4 Å². The van der Waals surface area contributed by atoms with Gasteiger partial charge >= 0.3 is 0 Å². The quantitative estimate of drug-likeness (QED) is 0.730. The van der Waals surface area contributed by atoms with Crippen LogP contribution in [-0.4, -0.2) is 37.0 Å². The first kappa shape index (κ1) is 13.2. The molecule has 2 aliphatic rings. The molecule has 1 saturated heterocycles. The van der Waals surface area contributed by atoms with Crippen LogP contribution in [-0.2, 0) is 11.2 Å². The van der Waals surface area contributed by atoms with Gasteiger partial charge in [0.25, 0.3) is 0 Å². The van der Waals surface area contributed by atoms with Crippen molar-refractivity contribution in [3.8, 4) is 0 Å². The van der Waals surface area contributed by atoms with E-state index in [9.17, 15) is 4.79 Å². The Hall–Kier alpha value is -1.75. The Labute approximate surface area is 119 Å². The molecule has 3 rings (SSSR count). The molecule has 0 aromatic heterocycles. The van der Waals surface area contributed by atoms with Crippen molar-refractivity contribution in [2.24, 2.45) is 0 Å². The molecule has 1 aromatic rings. The molecule has 20 heavy (non-hydrogen) atoms. The zero-order valence-electron chi connectivity index (χ0n) is 11.7. The summed E-state index contributed by atoms with van der Waals surface area (Å²) in [5, 5.41) is 6.30. The van der Waals surface area contributed by atoms with Crippen LogP contribution in [0.3, 0.4) is 0 Å². The molecule has 5 heteroatoms. The standard InChI is InChI=1S/C15H22N4O/c16-12-9-11-3-4-15(20)18-13(11)10-14(12)17-5-8-19-6-1-2-7-19/h9-10,17H,1-8,16H2,(H,18,20). The number of anilines is 3. The SMILES string of the molecule is Nc1cc2c(cc1NCCN1CCCC1)NC(=O)CC2. The number of carbonyl (C=O) groups is 1. The van der Waals surface area contributed by atoms with Gasteiger partial charge in [0.2, 0.25) is 5.91 Å². The summed E-state index contributed by atoms with van der Waals surface area (Å²) in [7, 11) is 0. The minimum atomic E-state index is 0.0882. The number of amides is 1. The van der Waals surface area contributed by atoms with Crippen LogP contribution < -0.4 is 16.4 Å². The van der Waals surface area contributed by atoms with Crippen LogP contribution in [0.5, 0.6) is 0 Å². The monoisotopic (exact) mass is 274 g/mol. The number of fused-ring (bicyclic) bond motifs is 1. The van der Waals surface area contributed by atoms with E-state index in [2.05, 4.69) is 15.5 Å².